The third-order valence-corrected chi connectivity index (χ3v) is 5.87. The van der Waals surface area contributed by atoms with Crippen molar-refractivity contribution in [1.82, 2.24) is 9.80 Å². The number of rotatable bonds is 5. The minimum atomic E-state index is -0.180. The second-order valence-corrected chi connectivity index (χ2v) is 7.82. The predicted octanol–water partition coefficient (Wildman–Crippen LogP) is 4.08. The first-order valence-corrected chi connectivity index (χ1v) is 10.2. The number of piperidine rings is 1. The topological polar surface area (TPSA) is 49.9 Å². The predicted molar refractivity (Wildman–Crippen MR) is 114 cm³/mol. The Kier molecular flexibility index (Phi) is 6.57. The highest BCUT2D eigenvalue weighted by molar-refractivity contribution is 5.94. The molecule has 29 heavy (non-hydrogen) atoms. The molecule has 2 atom stereocenters. The maximum Gasteiger partial charge on any atom is 0.253 e. The van der Waals surface area contributed by atoms with E-state index in [9.17, 15) is 9.59 Å². The van der Waals surface area contributed by atoms with Crippen LogP contribution in [0.3, 0.4) is 0 Å². The van der Waals surface area contributed by atoms with Crippen LogP contribution in [0.5, 0.6) is 5.75 Å². The monoisotopic (exact) mass is 394 g/mol. The van der Waals surface area contributed by atoms with Crippen LogP contribution in [-0.4, -0.2) is 48.9 Å². The fourth-order valence-corrected chi connectivity index (χ4v) is 3.94. The van der Waals surface area contributed by atoms with Gasteiger partial charge in [0.05, 0.1) is 19.1 Å². The van der Waals surface area contributed by atoms with E-state index in [0.29, 0.717) is 18.7 Å². The Bertz CT molecular complexity index is 863. The van der Waals surface area contributed by atoms with E-state index >= 15 is 0 Å². The SMILES string of the molecule is COc1ccccc1C(C)N(C)C(=O)C1CCCN(C(=O)c2ccc(C)cc2)C1. The molecule has 0 saturated carbocycles. The highest BCUT2D eigenvalue weighted by Gasteiger charge is 2.32. The van der Waals surface area contributed by atoms with Crippen molar-refractivity contribution in [2.45, 2.75) is 32.7 Å². The molecule has 1 heterocycles. The number of ether oxygens (including phenoxy) is 1. The van der Waals surface area contributed by atoms with E-state index in [2.05, 4.69) is 0 Å². The van der Waals surface area contributed by atoms with Gasteiger partial charge in [0.15, 0.2) is 0 Å². The highest BCUT2D eigenvalue weighted by Crippen LogP contribution is 2.30. The van der Waals surface area contributed by atoms with Crippen molar-refractivity contribution in [2.75, 3.05) is 27.2 Å². The fraction of sp³-hybridized carbons (Fsp3) is 0.417. The number of methoxy groups -OCH3 is 1. The van der Waals surface area contributed by atoms with E-state index in [1.165, 1.54) is 0 Å². The minimum Gasteiger partial charge on any atom is -0.496 e. The van der Waals surface area contributed by atoms with E-state index in [1.807, 2.05) is 74.3 Å². The largest absolute Gasteiger partial charge is 0.496 e. The molecule has 1 saturated heterocycles. The van der Waals surface area contributed by atoms with Crippen LogP contribution in [0.4, 0.5) is 0 Å². The van der Waals surface area contributed by atoms with Gasteiger partial charge in [0, 0.05) is 31.3 Å². The number of carbonyl (C=O) groups excluding carboxylic acids is 2. The second-order valence-electron chi connectivity index (χ2n) is 7.82. The lowest BCUT2D eigenvalue weighted by atomic mass is 9.94. The van der Waals surface area contributed by atoms with Crippen LogP contribution in [0.25, 0.3) is 0 Å². The molecule has 0 N–H and O–H groups in total. The Labute approximate surface area is 173 Å². The molecule has 3 rings (SSSR count). The summed E-state index contributed by atoms with van der Waals surface area (Å²) in [6, 6.07) is 15.3. The van der Waals surface area contributed by atoms with Crippen molar-refractivity contribution in [1.29, 1.82) is 0 Å². The zero-order valence-corrected chi connectivity index (χ0v) is 17.7. The summed E-state index contributed by atoms with van der Waals surface area (Å²) < 4.78 is 5.46. The number of carbonyl (C=O) groups is 2. The van der Waals surface area contributed by atoms with Crippen LogP contribution in [-0.2, 0) is 4.79 Å². The molecule has 0 spiro atoms. The van der Waals surface area contributed by atoms with Crippen molar-refractivity contribution < 1.29 is 14.3 Å². The van der Waals surface area contributed by atoms with Crippen LogP contribution < -0.4 is 4.74 Å². The first-order chi connectivity index (χ1) is 13.9. The molecule has 2 aromatic rings. The van der Waals surface area contributed by atoms with E-state index in [0.717, 1.165) is 29.7 Å². The third kappa shape index (κ3) is 4.61. The molecule has 2 amide bonds. The Morgan fingerprint density at radius 3 is 2.52 bits per heavy atom. The van der Waals surface area contributed by atoms with Crippen molar-refractivity contribution in [3.8, 4) is 5.75 Å². The van der Waals surface area contributed by atoms with E-state index in [-0.39, 0.29) is 23.8 Å². The Morgan fingerprint density at radius 2 is 1.83 bits per heavy atom. The van der Waals surface area contributed by atoms with Crippen LogP contribution in [0.15, 0.2) is 48.5 Å². The molecule has 154 valence electrons. The van der Waals surface area contributed by atoms with Crippen molar-refractivity contribution in [3.63, 3.8) is 0 Å². The number of hydrogen-bond donors (Lipinski definition) is 0. The van der Waals surface area contributed by atoms with Gasteiger partial charge in [-0.25, -0.2) is 0 Å². The molecule has 2 unspecified atom stereocenters. The molecule has 2 aromatic carbocycles. The average Bonchev–Trinajstić information content (AvgIpc) is 2.77. The summed E-state index contributed by atoms with van der Waals surface area (Å²) in [5.41, 5.74) is 2.79. The molecule has 1 aliphatic rings. The van der Waals surface area contributed by atoms with Crippen LogP contribution in [0, 0.1) is 12.8 Å². The highest BCUT2D eigenvalue weighted by atomic mass is 16.5. The second kappa shape index (κ2) is 9.12. The van der Waals surface area contributed by atoms with Gasteiger partial charge in [-0.05, 0) is 44.9 Å². The van der Waals surface area contributed by atoms with Crippen molar-refractivity contribution in [2.24, 2.45) is 5.92 Å². The summed E-state index contributed by atoms with van der Waals surface area (Å²) in [5, 5.41) is 0. The Balaban J connectivity index is 1.70. The van der Waals surface area contributed by atoms with Crippen LogP contribution >= 0.6 is 0 Å². The Hall–Kier alpha value is -2.82. The normalized spacial score (nSPS) is 17.5. The van der Waals surface area contributed by atoms with E-state index in [4.69, 9.17) is 4.74 Å². The molecular weight excluding hydrogens is 364 g/mol. The van der Waals surface area contributed by atoms with Gasteiger partial charge in [-0.1, -0.05) is 35.9 Å². The summed E-state index contributed by atoms with van der Waals surface area (Å²) in [6.45, 7) is 5.17. The van der Waals surface area contributed by atoms with E-state index in [1.54, 1.807) is 12.0 Å². The molecule has 1 aliphatic heterocycles. The van der Waals surface area contributed by atoms with Gasteiger partial charge in [-0.15, -0.1) is 0 Å². The van der Waals surface area contributed by atoms with Gasteiger partial charge in [0.25, 0.3) is 5.91 Å². The zero-order chi connectivity index (χ0) is 21.0. The molecule has 0 aromatic heterocycles. The minimum absolute atomic E-state index is 0.00271. The number of likely N-dealkylation sites (tertiary alicyclic amines) is 1. The van der Waals surface area contributed by atoms with Gasteiger partial charge in [0.2, 0.25) is 5.91 Å². The smallest absolute Gasteiger partial charge is 0.253 e. The first-order valence-electron chi connectivity index (χ1n) is 10.2. The standard InChI is InChI=1S/C24H30N2O3/c1-17-11-13-19(14-12-17)24(28)26-15-7-8-20(16-26)23(27)25(3)18(2)21-9-5-6-10-22(21)29-4/h5-6,9-14,18,20H,7-8,15-16H2,1-4H3. The maximum absolute atomic E-state index is 13.2. The quantitative estimate of drug-likeness (QED) is 0.768. The Morgan fingerprint density at radius 1 is 1.14 bits per heavy atom. The number of benzene rings is 2. The lowest BCUT2D eigenvalue weighted by Gasteiger charge is -2.36. The summed E-state index contributed by atoms with van der Waals surface area (Å²) in [4.78, 5) is 29.7. The molecule has 5 heteroatoms. The lowest BCUT2D eigenvalue weighted by molar-refractivity contribution is -0.137. The third-order valence-electron chi connectivity index (χ3n) is 5.87. The van der Waals surface area contributed by atoms with E-state index < -0.39 is 0 Å². The first kappa shape index (κ1) is 20.9. The van der Waals surface area contributed by atoms with Gasteiger partial charge in [-0.2, -0.15) is 0 Å². The van der Waals surface area contributed by atoms with Crippen LogP contribution in [0.2, 0.25) is 0 Å². The summed E-state index contributed by atoms with van der Waals surface area (Å²) in [5.74, 6) is 0.674. The van der Waals surface area contributed by atoms with Gasteiger partial charge < -0.3 is 14.5 Å². The molecule has 1 fully saturated rings. The van der Waals surface area contributed by atoms with Gasteiger partial charge in [0.1, 0.15) is 5.75 Å². The lowest BCUT2D eigenvalue weighted by Crippen LogP contribution is -2.46. The van der Waals surface area contributed by atoms with Gasteiger partial charge >= 0.3 is 0 Å². The number of para-hydroxylation sites is 1. The summed E-state index contributed by atoms with van der Waals surface area (Å²) >= 11 is 0. The molecular formula is C24H30N2O3. The molecule has 0 bridgehead atoms. The molecule has 5 nitrogen and oxygen atoms in total. The van der Waals surface area contributed by atoms with Crippen molar-refractivity contribution >= 4 is 11.8 Å². The molecule has 0 aliphatic carbocycles. The number of aryl methyl sites for hydroxylation is 1. The summed E-state index contributed by atoms with van der Waals surface area (Å²) in [6.07, 6.45) is 1.64. The zero-order valence-electron chi connectivity index (χ0n) is 17.7. The van der Waals surface area contributed by atoms with Crippen LogP contribution in [0.1, 0.15) is 47.3 Å². The number of nitrogens with zero attached hydrogens (tertiary/aromatic N) is 2. The summed E-state index contributed by atoms with van der Waals surface area (Å²) in [7, 11) is 3.48. The average molecular weight is 395 g/mol. The maximum atomic E-state index is 13.2. The molecule has 0 radical (unpaired) electrons. The number of hydrogen-bond acceptors (Lipinski definition) is 3. The van der Waals surface area contributed by atoms with Crippen molar-refractivity contribution in [3.05, 3.63) is 65.2 Å². The van der Waals surface area contributed by atoms with Gasteiger partial charge in [-0.3, -0.25) is 9.59 Å². The fourth-order valence-electron chi connectivity index (χ4n) is 3.94. The number of amides is 2.